The van der Waals surface area contributed by atoms with Gasteiger partial charge in [-0.1, -0.05) is 0 Å². The minimum absolute atomic E-state index is 0.0417. The van der Waals surface area contributed by atoms with Crippen LogP contribution in [0, 0.1) is 0 Å². The van der Waals surface area contributed by atoms with Crippen molar-refractivity contribution in [3.8, 4) is 11.9 Å². The maximum Gasteiger partial charge on any atom is 0.319 e. The summed E-state index contributed by atoms with van der Waals surface area (Å²) in [6.07, 6.45) is 3.20. The van der Waals surface area contributed by atoms with Gasteiger partial charge in [0.05, 0.1) is 0 Å². The number of aromatic nitrogens is 4. The summed E-state index contributed by atoms with van der Waals surface area (Å²) in [5.74, 6) is 0.0301. The molecule has 2 aromatic rings. The molecule has 0 amide bonds. The average Bonchev–Trinajstić information content (AvgIpc) is 2.17. The summed E-state index contributed by atoms with van der Waals surface area (Å²) in [5, 5.41) is 17.1. The predicted molar refractivity (Wildman–Crippen MR) is 56.2 cm³/mol. The van der Waals surface area contributed by atoms with Crippen molar-refractivity contribution < 1.29 is 10.2 Å². The molecule has 0 saturated carbocycles. The Kier molecular flexibility index (Phi) is 3.78. The van der Waals surface area contributed by atoms with Gasteiger partial charge in [-0.25, -0.2) is 9.97 Å². The second-order valence-electron chi connectivity index (χ2n) is 2.56. The zero-order valence-corrected chi connectivity index (χ0v) is 8.15. The van der Waals surface area contributed by atoms with Crippen molar-refractivity contribution in [3.05, 3.63) is 24.5 Å². The molecule has 0 radical (unpaired) electrons. The van der Waals surface area contributed by atoms with E-state index in [1.807, 2.05) is 0 Å². The summed E-state index contributed by atoms with van der Waals surface area (Å²) in [7, 11) is 0. The molecule has 2 aromatic heterocycles. The van der Waals surface area contributed by atoms with E-state index in [0.717, 1.165) is 6.07 Å². The van der Waals surface area contributed by atoms with Gasteiger partial charge in [0.2, 0.25) is 11.8 Å². The third kappa shape index (κ3) is 4.05. The van der Waals surface area contributed by atoms with E-state index in [0.29, 0.717) is 5.95 Å². The number of rotatable bonds is 0. The molecule has 2 rings (SSSR count). The summed E-state index contributed by atoms with van der Waals surface area (Å²) in [4.78, 5) is 13.7. The number of nitrogens with zero attached hydrogens (tertiary/aromatic N) is 4. The Morgan fingerprint density at radius 1 is 1.00 bits per heavy atom. The van der Waals surface area contributed by atoms with Crippen molar-refractivity contribution in [3.63, 3.8) is 0 Å². The summed E-state index contributed by atoms with van der Waals surface area (Å²) in [6, 6.07) is 2.34. The van der Waals surface area contributed by atoms with E-state index in [1.165, 1.54) is 0 Å². The Bertz CT molecular complexity index is 399. The summed E-state index contributed by atoms with van der Waals surface area (Å²) in [5.41, 5.74) is 10.2. The fraction of sp³-hybridized carbons (Fsp3) is 0. The fourth-order valence-corrected chi connectivity index (χ4v) is 0.750. The average molecular weight is 222 g/mol. The van der Waals surface area contributed by atoms with Gasteiger partial charge in [0.1, 0.15) is 5.82 Å². The van der Waals surface area contributed by atoms with Crippen LogP contribution in [0.2, 0.25) is 0 Å². The molecule has 0 fully saturated rings. The largest absolute Gasteiger partial charge is 0.493 e. The number of nitrogen functional groups attached to an aromatic ring is 2. The Balaban J connectivity index is 0.000000165. The molecule has 0 saturated heterocycles. The summed E-state index contributed by atoms with van der Waals surface area (Å²) < 4.78 is 0. The van der Waals surface area contributed by atoms with Crippen LogP contribution in [0.1, 0.15) is 0 Å². The third-order valence-corrected chi connectivity index (χ3v) is 1.31. The molecule has 0 aliphatic carbocycles. The maximum atomic E-state index is 8.60. The quantitative estimate of drug-likeness (QED) is 0.468. The van der Waals surface area contributed by atoms with Crippen molar-refractivity contribution in [1.29, 1.82) is 0 Å². The predicted octanol–water partition coefficient (Wildman–Crippen LogP) is -0.471. The normalized spacial score (nSPS) is 9.00. The molecule has 0 spiro atoms. The maximum absolute atomic E-state index is 8.60. The number of anilines is 2. The van der Waals surface area contributed by atoms with Crippen LogP contribution in [0.25, 0.3) is 0 Å². The van der Waals surface area contributed by atoms with E-state index < -0.39 is 6.01 Å². The first-order valence-electron chi connectivity index (χ1n) is 4.13. The molecular formula is C8H10N6O2. The second kappa shape index (κ2) is 5.29. The number of nitrogens with two attached hydrogens (primary N) is 2. The second-order valence-corrected chi connectivity index (χ2v) is 2.56. The van der Waals surface area contributed by atoms with E-state index in [2.05, 4.69) is 19.9 Å². The molecule has 0 aromatic carbocycles. The zero-order chi connectivity index (χ0) is 12.0. The van der Waals surface area contributed by atoms with Gasteiger partial charge in [0.15, 0.2) is 0 Å². The smallest absolute Gasteiger partial charge is 0.319 e. The first-order chi connectivity index (χ1) is 7.58. The van der Waals surface area contributed by atoms with Gasteiger partial charge in [-0.05, 0) is 6.07 Å². The van der Waals surface area contributed by atoms with Crippen molar-refractivity contribution in [2.75, 3.05) is 11.5 Å². The summed E-state index contributed by atoms with van der Waals surface area (Å²) >= 11 is 0. The van der Waals surface area contributed by atoms with Crippen LogP contribution in [0.15, 0.2) is 24.5 Å². The fourth-order valence-electron chi connectivity index (χ4n) is 0.750. The van der Waals surface area contributed by atoms with Gasteiger partial charge >= 0.3 is 6.01 Å². The van der Waals surface area contributed by atoms with Gasteiger partial charge < -0.3 is 21.7 Å². The molecule has 0 bridgehead atoms. The molecule has 0 unspecified atom stereocenters. The zero-order valence-electron chi connectivity index (χ0n) is 8.15. The van der Waals surface area contributed by atoms with Crippen LogP contribution in [-0.2, 0) is 0 Å². The molecule has 16 heavy (non-hydrogen) atoms. The lowest BCUT2D eigenvalue weighted by Crippen LogP contribution is -1.90. The van der Waals surface area contributed by atoms with Crippen molar-refractivity contribution in [2.45, 2.75) is 0 Å². The van der Waals surface area contributed by atoms with Crippen molar-refractivity contribution in [2.24, 2.45) is 0 Å². The minimum atomic E-state index is -0.521. The SMILES string of the molecule is Nc1cc(O)nc(O)n1.Nc1ncccn1. The standard InChI is InChI=1S/C4H5N3O2.C4H5N3/c5-2-1-3(8)7-4(9)6-2;5-4-6-2-1-3-7-4/h1H,(H4,5,6,7,8,9);1-3H,(H2,5,6,7). The van der Waals surface area contributed by atoms with Gasteiger partial charge in [-0.15, -0.1) is 0 Å². The Labute approximate surface area is 90.6 Å². The molecule has 6 N–H and O–H groups in total. The van der Waals surface area contributed by atoms with Crippen molar-refractivity contribution >= 4 is 11.8 Å². The van der Waals surface area contributed by atoms with E-state index in [-0.39, 0.29) is 11.7 Å². The van der Waals surface area contributed by atoms with Gasteiger partial charge in [0, 0.05) is 18.5 Å². The number of hydrogen-bond acceptors (Lipinski definition) is 8. The minimum Gasteiger partial charge on any atom is -0.493 e. The van der Waals surface area contributed by atoms with Crippen LogP contribution in [0.3, 0.4) is 0 Å². The van der Waals surface area contributed by atoms with Gasteiger partial charge in [-0.3, -0.25) is 0 Å². The lowest BCUT2D eigenvalue weighted by Gasteiger charge is -1.92. The molecule has 0 aliphatic heterocycles. The highest BCUT2D eigenvalue weighted by Gasteiger charge is 1.95. The van der Waals surface area contributed by atoms with Crippen LogP contribution in [0.4, 0.5) is 11.8 Å². The highest BCUT2D eigenvalue weighted by Crippen LogP contribution is 2.10. The Hall–Kier alpha value is -2.64. The van der Waals surface area contributed by atoms with E-state index in [4.69, 9.17) is 21.7 Å². The first-order valence-corrected chi connectivity index (χ1v) is 4.13. The highest BCUT2D eigenvalue weighted by atomic mass is 16.3. The molecule has 0 atom stereocenters. The van der Waals surface area contributed by atoms with Gasteiger partial charge in [-0.2, -0.15) is 9.97 Å². The number of aromatic hydroxyl groups is 2. The van der Waals surface area contributed by atoms with E-state index >= 15 is 0 Å². The first kappa shape index (κ1) is 11.4. The Morgan fingerprint density at radius 3 is 2.00 bits per heavy atom. The third-order valence-electron chi connectivity index (χ3n) is 1.31. The lowest BCUT2D eigenvalue weighted by atomic mass is 10.6. The molecule has 2 heterocycles. The monoisotopic (exact) mass is 222 g/mol. The number of hydrogen-bond donors (Lipinski definition) is 4. The van der Waals surface area contributed by atoms with E-state index in [1.54, 1.807) is 18.5 Å². The Morgan fingerprint density at radius 2 is 1.62 bits per heavy atom. The highest BCUT2D eigenvalue weighted by molar-refractivity contribution is 5.32. The molecular weight excluding hydrogens is 212 g/mol. The van der Waals surface area contributed by atoms with Crippen LogP contribution in [0.5, 0.6) is 11.9 Å². The molecule has 0 aliphatic rings. The van der Waals surface area contributed by atoms with Crippen LogP contribution >= 0.6 is 0 Å². The van der Waals surface area contributed by atoms with Gasteiger partial charge in [0.25, 0.3) is 0 Å². The summed E-state index contributed by atoms with van der Waals surface area (Å²) in [6.45, 7) is 0. The molecule has 8 nitrogen and oxygen atoms in total. The lowest BCUT2D eigenvalue weighted by molar-refractivity contribution is 0.398. The van der Waals surface area contributed by atoms with Crippen LogP contribution in [-0.4, -0.2) is 30.1 Å². The van der Waals surface area contributed by atoms with E-state index in [9.17, 15) is 0 Å². The topological polar surface area (TPSA) is 144 Å². The van der Waals surface area contributed by atoms with Crippen LogP contribution < -0.4 is 11.5 Å². The molecule has 84 valence electrons. The van der Waals surface area contributed by atoms with Crippen molar-refractivity contribution in [1.82, 2.24) is 19.9 Å². The molecule has 8 heteroatoms.